The summed E-state index contributed by atoms with van der Waals surface area (Å²) in [5.41, 5.74) is 0. The molecule has 3 atom stereocenters. The molecule has 3 unspecified atom stereocenters. The summed E-state index contributed by atoms with van der Waals surface area (Å²) in [4.78, 5) is 2.69. The molecule has 2 rings (SSSR count). The first-order chi connectivity index (χ1) is 9.11. The molecule has 1 saturated carbocycles. The van der Waals surface area contributed by atoms with Crippen LogP contribution in [0.1, 0.15) is 47.0 Å². The number of hydrogen-bond acceptors (Lipinski definition) is 3. The van der Waals surface area contributed by atoms with E-state index in [0.717, 1.165) is 37.6 Å². The third-order valence-corrected chi connectivity index (χ3v) is 4.81. The highest BCUT2D eigenvalue weighted by Crippen LogP contribution is 2.35. The molecule has 3 heteroatoms. The van der Waals surface area contributed by atoms with Crippen molar-refractivity contribution in [1.29, 1.82) is 0 Å². The Labute approximate surface area is 119 Å². The van der Waals surface area contributed by atoms with E-state index in [-0.39, 0.29) is 0 Å². The van der Waals surface area contributed by atoms with Crippen LogP contribution in [0.2, 0.25) is 0 Å². The summed E-state index contributed by atoms with van der Waals surface area (Å²) >= 11 is 0. The van der Waals surface area contributed by atoms with E-state index in [2.05, 4.69) is 37.9 Å². The van der Waals surface area contributed by atoms with Gasteiger partial charge in [0.25, 0.3) is 0 Å². The summed E-state index contributed by atoms with van der Waals surface area (Å²) < 4.78 is 5.76. The zero-order valence-electron chi connectivity index (χ0n) is 13.2. The van der Waals surface area contributed by atoms with Gasteiger partial charge in [-0.3, -0.25) is 4.90 Å². The Bertz CT molecular complexity index is 265. The number of hydrogen-bond donors (Lipinski definition) is 1. The molecule has 0 aromatic rings. The van der Waals surface area contributed by atoms with Gasteiger partial charge in [-0.05, 0) is 38.5 Å². The lowest BCUT2D eigenvalue weighted by Gasteiger charge is -2.43. The van der Waals surface area contributed by atoms with Crippen LogP contribution in [0, 0.1) is 11.8 Å². The predicted molar refractivity (Wildman–Crippen MR) is 80.4 cm³/mol. The monoisotopic (exact) mass is 268 g/mol. The molecule has 3 nitrogen and oxygen atoms in total. The van der Waals surface area contributed by atoms with E-state index >= 15 is 0 Å². The maximum absolute atomic E-state index is 5.76. The summed E-state index contributed by atoms with van der Waals surface area (Å²) in [6.07, 6.45) is 4.48. The van der Waals surface area contributed by atoms with Gasteiger partial charge in [-0.25, -0.2) is 0 Å². The average molecular weight is 268 g/mol. The summed E-state index contributed by atoms with van der Waals surface area (Å²) in [5, 5.41) is 3.79. The van der Waals surface area contributed by atoms with E-state index < -0.39 is 0 Å². The van der Waals surface area contributed by atoms with Crippen molar-refractivity contribution in [2.45, 2.75) is 65.1 Å². The van der Waals surface area contributed by atoms with Crippen LogP contribution in [0.25, 0.3) is 0 Å². The number of nitrogens with one attached hydrogen (secondary N) is 1. The predicted octanol–water partition coefficient (Wildman–Crippen LogP) is 2.51. The molecule has 0 bridgehead atoms. The van der Waals surface area contributed by atoms with Crippen LogP contribution in [-0.4, -0.2) is 49.3 Å². The van der Waals surface area contributed by atoms with Gasteiger partial charge in [-0.2, -0.15) is 0 Å². The Morgan fingerprint density at radius 3 is 2.58 bits per heavy atom. The van der Waals surface area contributed by atoms with Crippen LogP contribution in [0.15, 0.2) is 0 Å². The molecule has 1 aliphatic heterocycles. The van der Waals surface area contributed by atoms with E-state index in [1.54, 1.807) is 0 Å². The number of nitrogens with zero attached hydrogens (tertiary/aromatic N) is 1. The summed E-state index contributed by atoms with van der Waals surface area (Å²) in [6, 6.07) is 1.43. The van der Waals surface area contributed by atoms with Crippen molar-refractivity contribution < 1.29 is 4.74 Å². The van der Waals surface area contributed by atoms with Gasteiger partial charge >= 0.3 is 0 Å². The SMILES string of the molecule is CCC(C)C1CNC(C2CC2)CN1CCOC(C)C. The fourth-order valence-electron chi connectivity index (χ4n) is 3.16. The molecule has 112 valence electrons. The molecule has 0 aromatic heterocycles. The van der Waals surface area contributed by atoms with Gasteiger partial charge < -0.3 is 10.1 Å². The quantitative estimate of drug-likeness (QED) is 0.768. The average Bonchev–Trinajstić information content (AvgIpc) is 3.21. The minimum absolute atomic E-state index is 0.351. The normalized spacial score (nSPS) is 30.8. The summed E-state index contributed by atoms with van der Waals surface area (Å²) in [7, 11) is 0. The molecule has 2 fully saturated rings. The topological polar surface area (TPSA) is 24.5 Å². The molecule has 0 spiro atoms. The van der Waals surface area contributed by atoms with Gasteiger partial charge in [0.15, 0.2) is 0 Å². The smallest absolute Gasteiger partial charge is 0.0597 e. The molecule has 1 heterocycles. The van der Waals surface area contributed by atoms with E-state index in [1.165, 1.54) is 25.8 Å². The van der Waals surface area contributed by atoms with E-state index in [9.17, 15) is 0 Å². The maximum Gasteiger partial charge on any atom is 0.0597 e. The second-order valence-corrected chi connectivity index (χ2v) is 6.72. The lowest BCUT2D eigenvalue weighted by atomic mass is 9.93. The number of rotatable bonds is 7. The molecular formula is C16H32N2O. The van der Waals surface area contributed by atoms with Crippen molar-refractivity contribution >= 4 is 0 Å². The Hall–Kier alpha value is -0.120. The Morgan fingerprint density at radius 1 is 1.26 bits per heavy atom. The zero-order chi connectivity index (χ0) is 13.8. The molecule has 19 heavy (non-hydrogen) atoms. The highest BCUT2D eigenvalue weighted by atomic mass is 16.5. The van der Waals surface area contributed by atoms with E-state index in [0.29, 0.717) is 12.1 Å². The molecular weight excluding hydrogens is 236 g/mol. The van der Waals surface area contributed by atoms with Crippen molar-refractivity contribution in [2.24, 2.45) is 11.8 Å². The van der Waals surface area contributed by atoms with Gasteiger partial charge in [-0.1, -0.05) is 20.3 Å². The second kappa shape index (κ2) is 7.05. The van der Waals surface area contributed by atoms with Crippen molar-refractivity contribution in [3.63, 3.8) is 0 Å². The molecule has 1 N–H and O–H groups in total. The van der Waals surface area contributed by atoms with E-state index in [1.807, 2.05) is 0 Å². The van der Waals surface area contributed by atoms with Crippen molar-refractivity contribution in [2.75, 3.05) is 26.2 Å². The van der Waals surface area contributed by atoms with Crippen LogP contribution in [-0.2, 0) is 4.74 Å². The fourth-order valence-corrected chi connectivity index (χ4v) is 3.16. The third kappa shape index (κ3) is 4.44. The minimum atomic E-state index is 0.351. The van der Waals surface area contributed by atoms with Crippen LogP contribution >= 0.6 is 0 Å². The first-order valence-corrected chi connectivity index (χ1v) is 8.20. The first-order valence-electron chi connectivity index (χ1n) is 8.20. The van der Waals surface area contributed by atoms with Crippen LogP contribution in [0.5, 0.6) is 0 Å². The highest BCUT2D eigenvalue weighted by molar-refractivity contribution is 4.95. The Kier molecular flexibility index (Phi) is 5.67. The molecule has 1 aliphatic carbocycles. The standard InChI is InChI=1S/C16H32N2O/c1-5-13(4)16-10-17-15(14-6-7-14)11-18(16)8-9-19-12(2)3/h12-17H,5-11H2,1-4H3. The maximum atomic E-state index is 5.76. The molecule has 1 saturated heterocycles. The summed E-state index contributed by atoms with van der Waals surface area (Å²) in [6.45, 7) is 13.3. The third-order valence-electron chi connectivity index (χ3n) is 4.81. The Morgan fingerprint density at radius 2 is 2.00 bits per heavy atom. The molecule has 2 aliphatic rings. The Balaban J connectivity index is 1.86. The highest BCUT2D eigenvalue weighted by Gasteiger charge is 2.38. The van der Waals surface area contributed by atoms with Gasteiger partial charge in [-0.15, -0.1) is 0 Å². The van der Waals surface area contributed by atoms with Crippen LogP contribution < -0.4 is 5.32 Å². The summed E-state index contributed by atoms with van der Waals surface area (Å²) in [5.74, 6) is 1.72. The molecule has 0 amide bonds. The molecule has 0 radical (unpaired) electrons. The number of piperazine rings is 1. The van der Waals surface area contributed by atoms with Crippen molar-refractivity contribution in [3.05, 3.63) is 0 Å². The lowest BCUT2D eigenvalue weighted by Crippen LogP contribution is -2.59. The van der Waals surface area contributed by atoms with Gasteiger partial charge in [0.2, 0.25) is 0 Å². The number of ether oxygens (including phenoxy) is 1. The largest absolute Gasteiger partial charge is 0.377 e. The van der Waals surface area contributed by atoms with Crippen molar-refractivity contribution in [1.82, 2.24) is 10.2 Å². The second-order valence-electron chi connectivity index (χ2n) is 6.72. The van der Waals surface area contributed by atoms with Crippen molar-refractivity contribution in [3.8, 4) is 0 Å². The minimum Gasteiger partial charge on any atom is -0.377 e. The first kappa shape index (κ1) is 15.3. The van der Waals surface area contributed by atoms with E-state index in [4.69, 9.17) is 4.74 Å². The van der Waals surface area contributed by atoms with Gasteiger partial charge in [0, 0.05) is 31.7 Å². The van der Waals surface area contributed by atoms with Crippen LogP contribution in [0.4, 0.5) is 0 Å². The van der Waals surface area contributed by atoms with Crippen LogP contribution in [0.3, 0.4) is 0 Å². The zero-order valence-corrected chi connectivity index (χ0v) is 13.2. The lowest BCUT2D eigenvalue weighted by molar-refractivity contribution is 0.0228. The van der Waals surface area contributed by atoms with Gasteiger partial charge in [0.05, 0.1) is 12.7 Å². The van der Waals surface area contributed by atoms with Gasteiger partial charge in [0.1, 0.15) is 0 Å². The fraction of sp³-hybridized carbons (Fsp3) is 1.00. The molecule has 0 aromatic carbocycles.